The first-order valence-corrected chi connectivity index (χ1v) is 11.5. The van der Waals surface area contributed by atoms with Crippen LogP contribution in [0.4, 0.5) is 11.4 Å². The van der Waals surface area contributed by atoms with E-state index in [4.69, 9.17) is 16.3 Å². The number of hydrogen-bond donors (Lipinski definition) is 2. The van der Waals surface area contributed by atoms with Gasteiger partial charge in [-0.1, -0.05) is 11.6 Å². The van der Waals surface area contributed by atoms with E-state index in [2.05, 4.69) is 20.1 Å². The van der Waals surface area contributed by atoms with Gasteiger partial charge >= 0.3 is 5.97 Å². The number of rotatable bonds is 8. The number of carboxylic acid groups (broad SMARTS) is 1. The number of nitro groups is 1. The Morgan fingerprint density at radius 1 is 1.29 bits per heavy atom. The van der Waals surface area contributed by atoms with Crippen LogP contribution >= 0.6 is 23.4 Å². The van der Waals surface area contributed by atoms with Gasteiger partial charge in [-0.2, -0.15) is 0 Å². The Bertz CT molecular complexity index is 1270. The molecule has 176 valence electrons. The van der Waals surface area contributed by atoms with E-state index in [0.717, 1.165) is 43.4 Å². The van der Waals surface area contributed by atoms with Crippen molar-refractivity contribution >= 4 is 46.8 Å². The summed E-state index contributed by atoms with van der Waals surface area (Å²) in [5.74, 6) is -0.312. The minimum absolute atomic E-state index is 0.0791. The molecule has 1 aliphatic heterocycles. The predicted octanol–water partition coefficient (Wildman–Crippen LogP) is 4.86. The Hall–Kier alpha value is -3.57. The van der Waals surface area contributed by atoms with Gasteiger partial charge in [-0.3, -0.25) is 15.2 Å². The number of non-ortho nitro benzene ring substituents is 1. The van der Waals surface area contributed by atoms with Crippen molar-refractivity contribution in [3.05, 3.63) is 62.0 Å². The number of benzene rings is 2. The van der Waals surface area contributed by atoms with Gasteiger partial charge < -0.3 is 14.7 Å². The summed E-state index contributed by atoms with van der Waals surface area (Å²) in [6.07, 6.45) is 3.44. The van der Waals surface area contributed by atoms with Gasteiger partial charge in [-0.05, 0) is 54.9 Å². The van der Waals surface area contributed by atoms with Gasteiger partial charge in [0.1, 0.15) is 10.7 Å². The zero-order valence-corrected chi connectivity index (χ0v) is 19.6. The minimum Gasteiger partial charge on any atom is -0.496 e. The number of methoxy groups -OCH3 is 1. The van der Waals surface area contributed by atoms with Crippen LogP contribution in [-0.2, 0) is 4.79 Å². The molecule has 34 heavy (non-hydrogen) atoms. The molecule has 0 saturated carbocycles. The van der Waals surface area contributed by atoms with E-state index in [1.807, 2.05) is 0 Å². The number of aliphatic carboxylic acids is 1. The summed E-state index contributed by atoms with van der Waals surface area (Å²) in [7, 11) is 1.51. The summed E-state index contributed by atoms with van der Waals surface area (Å²) < 4.78 is 5.34. The topological polar surface area (TPSA) is 134 Å². The van der Waals surface area contributed by atoms with Crippen LogP contribution in [0.1, 0.15) is 18.4 Å². The Labute approximate surface area is 203 Å². The van der Waals surface area contributed by atoms with Crippen LogP contribution in [0.3, 0.4) is 0 Å². The SMILES string of the molecule is COc1ccc(Cl)cc1-c1nc(S/C(=C/c2cc([N+](=O)[O-])ccc2N2CCCC2)C(=O)O)n[nH]1. The summed E-state index contributed by atoms with van der Waals surface area (Å²) in [5, 5.41) is 28.7. The maximum Gasteiger partial charge on any atom is 0.342 e. The predicted molar refractivity (Wildman–Crippen MR) is 129 cm³/mol. The smallest absolute Gasteiger partial charge is 0.342 e. The fourth-order valence-corrected chi connectivity index (χ4v) is 4.54. The first-order valence-electron chi connectivity index (χ1n) is 10.3. The second-order valence-electron chi connectivity index (χ2n) is 7.42. The van der Waals surface area contributed by atoms with Gasteiger partial charge in [0.2, 0.25) is 5.16 Å². The lowest BCUT2D eigenvalue weighted by Gasteiger charge is -2.20. The summed E-state index contributed by atoms with van der Waals surface area (Å²) in [6, 6.07) is 9.51. The number of aromatic nitrogens is 3. The van der Waals surface area contributed by atoms with E-state index < -0.39 is 10.9 Å². The monoisotopic (exact) mass is 501 g/mol. The zero-order valence-electron chi connectivity index (χ0n) is 18.0. The molecule has 1 aliphatic rings. The number of thioether (sulfide) groups is 1. The molecule has 0 bridgehead atoms. The zero-order chi connectivity index (χ0) is 24.2. The van der Waals surface area contributed by atoms with Crippen molar-refractivity contribution in [2.24, 2.45) is 0 Å². The molecule has 0 atom stereocenters. The van der Waals surface area contributed by atoms with Crippen LogP contribution in [-0.4, -0.2) is 51.4 Å². The lowest BCUT2D eigenvalue weighted by atomic mass is 10.1. The van der Waals surface area contributed by atoms with Gasteiger partial charge in [0.05, 0.1) is 17.6 Å². The number of nitrogens with one attached hydrogen (secondary N) is 1. The van der Waals surface area contributed by atoms with Crippen LogP contribution in [0.5, 0.6) is 5.75 Å². The minimum atomic E-state index is -1.20. The molecule has 12 heteroatoms. The third-order valence-electron chi connectivity index (χ3n) is 5.25. The number of anilines is 1. The molecule has 2 heterocycles. The van der Waals surface area contributed by atoms with E-state index in [1.165, 1.54) is 25.3 Å². The van der Waals surface area contributed by atoms with E-state index in [-0.39, 0.29) is 15.7 Å². The molecule has 2 aromatic carbocycles. The lowest BCUT2D eigenvalue weighted by Crippen LogP contribution is -2.18. The standard InChI is InChI=1S/C22H20ClN5O5S/c1-33-18-7-4-14(23)12-16(18)20-24-22(26-25-20)34-19(21(29)30)11-13-10-15(28(31)32)5-6-17(13)27-8-2-3-9-27/h4-7,10-12H,2-3,8-9H2,1H3,(H,29,30)(H,24,25,26)/b19-11+. The molecule has 0 unspecified atom stereocenters. The van der Waals surface area contributed by atoms with Crippen molar-refractivity contribution in [2.75, 3.05) is 25.1 Å². The highest BCUT2D eigenvalue weighted by Gasteiger charge is 2.21. The molecule has 0 radical (unpaired) electrons. The maximum atomic E-state index is 12.0. The van der Waals surface area contributed by atoms with Crippen LogP contribution in [0, 0.1) is 10.1 Å². The number of halogens is 1. The lowest BCUT2D eigenvalue weighted by molar-refractivity contribution is -0.384. The number of nitro benzene ring substituents is 1. The Morgan fingerprint density at radius 2 is 2.06 bits per heavy atom. The first kappa shape index (κ1) is 23.6. The average Bonchev–Trinajstić information content (AvgIpc) is 3.51. The van der Waals surface area contributed by atoms with Crippen LogP contribution < -0.4 is 9.64 Å². The molecule has 1 aromatic heterocycles. The number of aromatic amines is 1. The Morgan fingerprint density at radius 3 is 2.74 bits per heavy atom. The van der Waals surface area contributed by atoms with Gasteiger partial charge in [0.25, 0.3) is 5.69 Å². The number of hydrogen-bond acceptors (Lipinski definition) is 8. The summed E-state index contributed by atoms with van der Waals surface area (Å²) in [6.45, 7) is 1.61. The largest absolute Gasteiger partial charge is 0.496 e. The van der Waals surface area contributed by atoms with Crippen molar-refractivity contribution in [3.8, 4) is 17.1 Å². The van der Waals surface area contributed by atoms with Crippen LogP contribution in [0.15, 0.2) is 46.5 Å². The molecule has 2 N–H and O–H groups in total. The van der Waals surface area contributed by atoms with Crippen molar-refractivity contribution in [1.82, 2.24) is 15.2 Å². The Balaban J connectivity index is 1.69. The van der Waals surface area contributed by atoms with Gasteiger partial charge in [-0.15, -0.1) is 5.10 Å². The van der Waals surface area contributed by atoms with Gasteiger partial charge in [0, 0.05) is 41.5 Å². The van der Waals surface area contributed by atoms with E-state index >= 15 is 0 Å². The van der Waals surface area contributed by atoms with Crippen molar-refractivity contribution in [2.45, 2.75) is 18.0 Å². The van der Waals surface area contributed by atoms with E-state index in [1.54, 1.807) is 24.3 Å². The first-order chi connectivity index (χ1) is 16.4. The average molecular weight is 502 g/mol. The molecule has 0 spiro atoms. The molecule has 1 saturated heterocycles. The molecule has 0 amide bonds. The maximum absolute atomic E-state index is 12.0. The third kappa shape index (κ3) is 5.15. The number of carboxylic acids is 1. The molecule has 1 fully saturated rings. The van der Waals surface area contributed by atoms with E-state index in [0.29, 0.717) is 27.7 Å². The molecular weight excluding hydrogens is 482 g/mol. The highest BCUT2D eigenvalue weighted by atomic mass is 35.5. The molecular formula is C22H20ClN5O5S. The molecule has 3 aromatic rings. The van der Waals surface area contributed by atoms with Crippen molar-refractivity contribution in [1.29, 1.82) is 0 Å². The summed E-state index contributed by atoms with van der Waals surface area (Å²) in [4.78, 5) is 29.2. The number of nitrogens with zero attached hydrogens (tertiary/aromatic N) is 4. The quantitative estimate of drug-likeness (QED) is 0.192. The summed E-state index contributed by atoms with van der Waals surface area (Å²) >= 11 is 6.92. The molecule has 4 rings (SSSR count). The number of ether oxygens (including phenoxy) is 1. The normalized spacial score (nSPS) is 13.8. The van der Waals surface area contributed by atoms with Crippen LogP contribution in [0.25, 0.3) is 17.5 Å². The fourth-order valence-electron chi connectivity index (χ4n) is 3.67. The van der Waals surface area contributed by atoms with Crippen LogP contribution in [0.2, 0.25) is 5.02 Å². The molecule has 10 nitrogen and oxygen atoms in total. The second-order valence-corrected chi connectivity index (χ2v) is 8.87. The second kappa shape index (κ2) is 10.1. The van der Waals surface area contributed by atoms with Gasteiger partial charge in [-0.25, -0.2) is 9.78 Å². The number of carbonyl (C=O) groups is 1. The highest BCUT2D eigenvalue weighted by Crippen LogP contribution is 2.35. The summed E-state index contributed by atoms with van der Waals surface area (Å²) in [5.41, 5.74) is 1.66. The fraction of sp³-hybridized carbons (Fsp3) is 0.227. The number of H-pyrrole nitrogens is 1. The van der Waals surface area contributed by atoms with Crippen molar-refractivity contribution in [3.63, 3.8) is 0 Å². The Kier molecular flexibility index (Phi) is 7.03. The van der Waals surface area contributed by atoms with E-state index in [9.17, 15) is 20.0 Å². The highest BCUT2D eigenvalue weighted by molar-refractivity contribution is 8.04. The third-order valence-corrected chi connectivity index (χ3v) is 6.36. The van der Waals surface area contributed by atoms with Gasteiger partial charge in [0.15, 0.2) is 5.82 Å². The molecule has 0 aliphatic carbocycles. The van der Waals surface area contributed by atoms with Crippen molar-refractivity contribution < 1.29 is 19.6 Å².